The van der Waals surface area contributed by atoms with Gasteiger partial charge >= 0.3 is 0 Å². The van der Waals surface area contributed by atoms with Crippen LogP contribution in [0.4, 0.5) is 5.69 Å². The number of carbonyl (C=O) groups is 1. The Kier molecular flexibility index (Phi) is 7.66. The van der Waals surface area contributed by atoms with Gasteiger partial charge in [0.1, 0.15) is 0 Å². The molecule has 3 nitrogen and oxygen atoms in total. The van der Waals surface area contributed by atoms with Crippen molar-refractivity contribution in [2.45, 2.75) is 12.2 Å². The highest BCUT2D eigenvalue weighted by atomic mass is 79.9. The van der Waals surface area contributed by atoms with Crippen molar-refractivity contribution in [1.29, 1.82) is 0 Å². The van der Waals surface area contributed by atoms with Crippen LogP contribution in [0.15, 0.2) is 22.7 Å². The van der Waals surface area contributed by atoms with E-state index in [2.05, 4.69) is 28.2 Å². The molecule has 1 rings (SSSR count). The summed E-state index contributed by atoms with van der Waals surface area (Å²) in [5.41, 5.74) is 6.78. The monoisotopic (exact) mass is 338 g/mol. The fourth-order valence-corrected chi connectivity index (χ4v) is 1.78. The van der Waals surface area contributed by atoms with Crippen LogP contribution in [0.3, 0.4) is 0 Å². The van der Waals surface area contributed by atoms with Crippen LogP contribution in [-0.4, -0.2) is 24.0 Å². The molecule has 0 aliphatic rings. The molecule has 3 N–H and O–H groups in total. The summed E-state index contributed by atoms with van der Waals surface area (Å²) >= 11 is 5.02. The molecule has 0 fully saturated rings. The van der Waals surface area contributed by atoms with Crippen LogP contribution in [0.2, 0.25) is 0 Å². The highest BCUT2D eigenvalue weighted by molar-refractivity contribution is 9.10. The Morgan fingerprint density at radius 1 is 1.59 bits per heavy atom. The fraction of sp³-hybridized carbons (Fsp3) is 0.364. The zero-order valence-electron chi connectivity index (χ0n) is 9.70. The average molecular weight is 340 g/mol. The highest BCUT2D eigenvalue weighted by Crippen LogP contribution is 2.18. The van der Waals surface area contributed by atoms with Gasteiger partial charge in [-0.3, -0.25) is 4.79 Å². The van der Waals surface area contributed by atoms with Gasteiger partial charge in [-0.2, -0.15) is 11.8 Å². The normalized spacial score (nSPS) is 11.5. The lowest BCUT2D eigenvalue weighted by Crippen LogP contribution is -2.29. The summed E-state index contributed by atoms with van der Waals surface area (Å²) in [7, 11) is 0. The van der Waals surface area contributed by atoms with Crippen molar-refractivity contribution in [3.63, 3.8) is 0 Å². The lowest BCUT2D eigenvalue weighted by molar-refractivity contribution is 0.0955. The van der Waals surface area contributed by atoms with Gasteiger partial charge in [-0.1, -0.05) is 22.9 Å². The maximum atomic E-state index is 11.8. The first kappa shape index (κ1) is 16.6. The summed E-state index contributed by atoms with van der Waals surface area (Å²) in [6.45, 7) is 2.71. The molecule has 1 aromatic carbocycles. The van der Waals surface area contributed by atoms with E-state index in [0.29, 0.717) is 23.0 Å². The van der Waals surface area contributed by atoms with E-state index in [-0.39, 0.29) is 18.3 Å². The second-order valence-electron chi connectivity index (χ2n) is 3.49. The van der Waals surface area contributed by atoms with Gasteiger partial charge in [0, 0.05) is 22.0 Å². The average Bonchev–Trinajstić information content (AvgIpc) is 2.25. The molecule has 0 aromatic heterocycles. The summed E-state index contributed by atoms with van der Waals surface area (Å²) in [5.74, 6) is -0.120. The van der Waals surface area contributed by atoms with Gasteiger partial charge < -0.3 is 11.1 Å². The quantitative estimate of drug-likeness (QED) is 0.829. The molecule has 1 atom stereocenters. The number of benzene rings is 1. The summed E-state index contributed by atoms with van der Waals surface area (Å²) in [5, 5.41) is 3.26. The molecule has 1 amide bonds. The molecule has 1 aromatic rings. The van der Waals surface area contributed by atoms with Gasteiger partial charge in [0.15, 0.2) is 0 Å². The van der Waals surface area contributed by atoms with Crippen LogP contribution in [0.1, 0.15) is 17.3 Å². The number of nitrogens with two attached hydrogens (primary N) is 1. The Morgan fingerprint density at radius 2 is 2.24 bits per heavy atom. The standard InChI is InChI=1S/C11H15BrN2OS.ClH/c1-7(16-2)6-14-11(15)9-4-3-8(12)5-10(9)13;/h3-5,7H,6,13H2,1-2H3,(H,14,15);1H. The zero-order chi connectivity index (χ0) is 12.1. The van der Waals surface area contributed by atoms with Crippen molar-refractivity contribution in [2.75, 3.05) is 18.5 Å². The Labute approximate surface area is 120 Å². The van der Waals surface area contributed by atoms with Crippen molar-refractivity contribution in [3.05, 3.63) is 28.2 Å². The molecule has 6 heteroatoms. The van der Waals surface area contributed by atoms with Gasteiger partial charge in [0.2, 0.25) is 0 Å². The molecule has 17 heavy (non-hydrogen) atoms. The van der Waals surface area contributed by atoms with Gasteiger partial charge in [-0.05, 0) is 24.5 Å². The fourth-order valence-electron chi connectivity index (χ4n) is 1.16. The Bertz CT molecular complexity index is 390. The first-order chi connectivity index (χ1) is 7.54. The van der Waals surface area contributed by atoms with E-state index >= 15 is 0 Å². The van der Waals surface area contributed by atoms with Crippen LogP contribution in [0.25, 0.3) is 0 Å². The number of carbonyl (C=O) groups excluding carboxylic acids is 1. The number of nitrogen functional groups attached to an aromatic ring is 1. The number of amides is 1. The third kappa shape index (κ3) is 5.19. The minimum atomic E-state index is -0.120. The van der Waals surface area contributed by atoms with Gasteiger partial charge in [0.25, 0.3) is 5.91 Å². The van der Waals surface area contributed by atoms with Gasteiger partial charge in [0.05, 0.1) is 5.56 Å². The molecular weight excluding hydrogens is 324 g/mol. The predicted octanol–water partition coefficient (Wildman–Crippen LogP) is 2.93. The Morgan fingerprint density at radius 3 is 2.76 bits per heavy atom. The number of halogens is 2. The largest absolute Gasteiger partial charge is 0.398 e. The van der Waals surface area contributed by atoms with Crippen molar-refractivity contribution in [2.24, 2.45) is 0 Å². The van der Waals surface area contributed by atoms with Crippen molar-refractivity contribution < 1.29 is 4.79 Å². The Balaban J connectivity index is 0.00000256. The summed E-state index contributed by atoms with van der Waals surface area (Å²) < 4.78 is 0.874. The molecular formula is C11H16BrClN2OS. The molecule has 0 saturated carbocycles. The molecule has 0 radical (unpaired) electrons. The maximum absolute atomic E-state index is 11.8. The van der Waals surface area contributed by atoms with Crippen LogP contribution < -0.4 is 11.1 Å². The SMILES string of the molecule is CSC(C)CNC(=O)c1ccc(Br)cc1N.Cl. The van der Waals surface area contributed by atoms with Crippen LogP contribution >= 0.6 is 40.1 Å². The first-order valence-corrected chi connectivity index (χ1v) is 6.98. The second kappa shape index (κ2) is 7.84. The number of anilines is 1. The molecule has 1 unspecified atom stereocenters. The lowest BCUT2D eigenvalue weighted by Gasteiger charge is -2.11. The third-order valence-corrected chi connectivity index (χ3v) is 3.68. The summed E-state index contributed by atoms with van der Waals surface area (Å²) in [6.07, 6.45) is 2.02. The minimum absolute atomic E-state index is 0. The molecule has 0 heterocycles. The first-order valence-electron chi connectivity index (χ1n) is 4.90. The summed E-state index contributed by atoms with van der Waals surface area (Å²) in [6, 6.07) is 5.26. The van der Waals surface area contributed by atoms with E-state index in [0.717, 1.165) is 4.47 Å². The van der Waals surface area contributed by atoms with E-state index in [1.807, 2.05) is 12.3 Å². The van der Waals surface area contributed by atoms with E-state index in [9.17, 15) is 4.79 Å². The molecule has 0 aliphatic heterocycles. The predicted molar refractivity (Wildman–Crippen MR) is 81.1 cm³/mol. The topological polar surface area (TPSA) is 55.1 Å². The van der Waals surface area contributed by atoms with Crippen LogP contribution in [0.5, 0.6) is 0 Å². The van der Waals surface area contributed by atoms with Gasteiger partial charge in [-0.25, -0.2) is 0 Å². The number of hydrogen-bond donors (Lipinski definition) is 2. The second-order valence-corrected chi connectivity index (χ2v) is 5.68. The van der Waals surface area contributed by atoms with Crippen molar-refractivity contribution in [3.8, 4) is 0 Å². The molecule has 0 spiro atoms. The molecule has 96 valence electrons. The maximum Gasteiger partial charge on any atom is 0.253 e. The molecule has 0 aliphatic carbocycles. The lowest BCUT2D eigenvalue weighted by atomic mass is 10.1. The zero-order valence-corrected chi connectivity index (χ0v) is 12.9. The third-order valence-electron chi connectivity index (χ3n) is 2.21. The number of hydrogen-bond acceptors (Lipinski definition) is 3. The molecule has 0 bridgehead atoms. The van der Waals surface area contributed by atoms with Crippen molar-refractivity contribution >= 4 is 51.7 Å². The van der Waals surface area contributed by atoms with E-state index in [1.54, 1.807) is 23.9 Å². The minimum Gasteiger partial charge on any atom is -0.398 e. The number of nitrogens with one attached hydrogen (secondary N) is 1. The van der Waals surface area contributed by atoms with Crippen molar-refractivity contribution in [1.82, 2.24) is 5.32 Å². The van der Waals surface area contributed by atoms with E-state index in [1.165, 1.54) is 0 Å². The number of thioether (sulfide) groups is 1. The molecule has 0 saturated heterocycles. The van der Waals surface area contributed by atoms with E-state index < -0.39 is 0 Å². The van der Waals surface area contributed by atoms with E-state index in [4.69, 9.17) is 5.73 Å². The Hall–Kier alpha value is -0.390. The smallest absolute Gasteiger partial charge is 0.253 e. The van der Waals surface area contributed by atoms with Gasteiger partial charge in [-0.15, -0.1) is 12.4 Å². The highest BCUT2D eigenvalue weighted by Gasteiger charge is 2.10. The van der Waals surface area contributed by atoms with Crippen LogP contribution in [-0.2, 0) is 0 Å². The van der Waals surface area contributed by atoms with Crippen LogP contribution in [0, 0.1) is 0 Å². The number of rotatable bonds is 4. The summed E-state index contributed by atoms with van der Waals surface area (Å²) in [4.78, 5) is 11.8.